The van der Waals surface area contributed by atoms with Gasteiger partial charge in [-0.3, -0.25) is 9.69 Å². The predicted molar refractivity (Wildman–Crippen MR) is 128 cm³/mol. The molecule has 0 N–H and O–H groups in total. The van der Waals surface area contributed by atoms with E-state index in [1.807, 2.05) is 0 Å². The van der Waals surface area contributed by atoms with Crippen LogP contribution in [0, 0.1) is 5.82 Å². The van der Waals surface area contributed by atoms with E-state index in [0.717, 1.165) is 5.01 Å². The van der Waals surface area contributed by atoms with Crippen LogP contribution in [-0.2, 0) is 25.2 Å². The third-order valence-electron chi connectivity index (χ3n) is 5.87. The van der Waals surface area contributed by atoms with Crippen LogP contribution in [0.25, 0.3) is 11.1 Å². The molecule has 17 heteroatoms. The van der Waals surface area contributed by atoms with Crippen molar-refractivity contribution in [2.45, 2.75) is 12.6 Å². The summed E-state index contributed by atoms with van der Waals surface area (Å²) in [6.45, 7) is 0.0117. The molecule has 2 aliphatic rings. The number of anilines is 2. The van der Waals surface area contributed by atoms with Crippen molar-refractivity contribution in [3.63, 3.8) is 0 Å². The van der Waals surface area contributed by atoms with Crippen LogP contribution < -0.4 is 19.6 Å². The van der Waals surface area contributed by atoms with Crippen molar-refractivity contribution in [2.75, 3.05) is 36.0 Å². The molecule has 1 aromatic carbocycles. The lowest BCUT2D eigenvalue weighted by molar-refractivity contribution is -0.341. The SMILES string of the molecule is O=C(COP(=O)([O-])[O-])N1CCN(c2ccc(-c3ccc(N4C[C@H](Cn5ccnn5)OC4=O)cc3F)cn2)C=N1. The molecule has 0 aliphatic carbocycles. The molecule has 0 saturated carbocycles. The van der Waals surface area contributed by atoms with Gasteiger partial charge in [-0.1, -0.05) is 5.21 Å². The van der Waals surface area contributed by atoms with E-state index in [2.05, 4.69) is 24.9 Å². The van der Waals surface area contributed by atoms with Crippen molar-refractivity contribution in [3.8, 4) is 11.1 Å². The number of aromatic nitrogens is 4. The molecule has 4 heterocycles. The monoisotopic (exact) mass is 558 g/mol. The Labute approximate surface area is 220 Å². The molecular weight excluding hydrogens is 538 g/mol. The average Bonchev–Trinajstić information content (AvgIpc) is 3.56. The smallest absolute Gasteiger partial charge is 0.414 e. The fraction of sp³-hybridized carbons (Fsp3) is 0.273. The Morgan fingerprint density at radius 2 is 2.08 bits per heavy atom. The largest absolute Gasteiger partial charge is 0.790 e. The van der Waals surface area contributed by atoms with E-state index in [0.29, 0.717) is 23.6 Å². The van der Waals surface area contributed by atoms with Gasteiger partial charge in [-0.2, -0.15) is 5.10 Å². The van der Waals surface area contributed by atoms with E-state index in [9.17, 15) is 23.9 Å². The van der Waals surface area contributed by atoms with E-state index in [-0.39, 0.29) is 25.2 Å². The van der Waals surface area contributed by atoms with E-state index in [1.165, 1.54) is 29.7 Å². The van der Waals surface area contributed by atoms with Gasteiger partial charge in [-0.25, -0.2) is 23.9 Å². The van der Waals surface area contributed by atoms with Crippen molar-refractivity contribution in [2.24, 2.45) is 5.10 Å². The van der Waals surface area contributed by atoms with Gasteiger partial charge in [-0.05, 0) is 30.3 Å². The second kappa shape index (κ2) is 10.9. The lowest BCUT2D eigenvalue weighted by Gasteiger charge is -2.31. The number of phosphoric ester groups is 1. The van der Waals surface area contributed by atoms with Crippen molar-refractivity contribution in [3.05, 3.63) is 54.7 Å². The summed E-state index contributed by atoms with van der Waals surface area (Å²) < 4.78 is 36.5. The maximum atomic E-state index is 15.1. The lowest BCUT2D eigenvalue weighted by atomic mass is 10.1. The van der Waals surface area contributed by atoms with Crippen LogP contribution in [-0.4, -0.2) is 75.7 Å². The number of carbonyl (C=O) groups is 2. The summed E-state index contributed by atoms with van der Waals surface area (Å²) in [5.41, 5.74) is 1.13. The van der Waals surface area contributed by atoms with Gasteiger partial charge < -0.3 is 28.5 Å². The average molecular weight is 558 g/mol. The maximum Gasteiger partial charge on any atom is 0.414 e. The Morgan fingerprint density at radius 3 is 2.72 bits per heavy atom. The molecule has 0 unspecified atom stereocenters. The van der Waals surface area contributed by atoms with E-state index >= 15 is 4.39 Å². The fourth-order valence-electron chi connectivity index (χ4n) is 4.00. The molecular formula is C22H20FN8O7P-2. The Kier molecular flexibility index (Phi) is 7.34. The molecule has 204 valence electrons. The number of amides is 2. The van der Waals surface area contributed by atoms with Gasteiger partial charge >= 0.3 is 6.09 Å². The second-order valence-corrected chi connectivity index (χ2v) is 9.63. The summed E-state index contributed by atoms with van der Waals surface area (Å²) in [5.74, 6) is -0.858. The summed E-state index contributed by atoms with van der Waals surface area (Å²) in [6, 6.07) is 7.74. The summed E-state index contributed by atoms with van der Waals surface area (Å²) in [6.07, 6.45) is 4.94. The molecule has 39 heavy (non-hydrogen) atoms. The number of hydrogen-bond acceptors (Lipinski definition) is 12. The quantitative estimate of drug-likeness (QED) is 0.338. The molecule has 1 atom stereocenters. The van der Waals surface area contributed by atoms with Crippen LogP contribution in [0.3, 0.4) is 0 Å². The first-order valence-corrected chi connectivity index (χ1v) is 13.0. The molecule has 3 aromatic rings. The van der Waals surface area contributed by atoms with Gasteiger partial charge in [0, 0.05) is 30.1 Å². The predicted octanol–water partition coefficient (Wildman–Crippen LogP) is -0.0582. The highest BCUT2D eigenvalue weighted by molar-refractivity contribution is 7.43. The number of benzene rings is 1. The molecule has 0 radical (unpaired) electrons. The molecule has 0 spiro atoms. The normalized spacial score (nSPS) is 17.6. The van der Waals surface area contributed by atoms with Gasteiger partial charge in [0.2, 0.25) is 0 Å². The first-order chi connectivity index (χ1) is 18.7. The zero-order valence-electron chi connectivity index (χ0n) is 20.1. The molecule has 5 rings (SSSR count). The third-order valence-corrected chi connectivity index (χ3v) is 6.32. The molecule has 2 aromatic heterocycles. The first kappa shape index (κ1) is 26.4. The zero-order valence-corrected chi connectivity index (χ0v) is 21.0. The summed E-state index contributed by atoms with van der Waals surface area (Å²) in [4.78, 5) is 52.6. The minimum absolute atomic E-state index is 0.0961. The van der Waals surface area contributed by atoms with Gasteiger partial charge in [0.05, 0.1) is 39.3 Å². The number of halogens is 1. The molecule has 1 saturated heterocycles. The fourth-order valence-corrected chi connectivity index (χ4v) is 4.27. The van der Waals surface area contributed by atoms with Gasteiger partial charge in [-0.15, -0.1) is 5.10 Å². The van der Waals surface area contributed by atoms with Crippen LogP contribution in [0.5, 0.6) is 0 Å². The summed E-state index contributed by atoms with van der Waals surface area (Å²) >= 11 is 0. The van der Waals surface area contributed by atoms with Crippen molar-refractivity contribution < 1.29 is 37.6 Å². The number of rotatable bonds is 8. The topological polar surface area (TPSA) is 181 Å². The van der Waals surface area contributed by atoms with Gasteiger partial charge in [0.1, 0.15) is 30.7 Å². The van der Waals surface area contributed by atoms with Crippen LogP contribution >= 0.6 is 7.82 Å². The minimum atomic E-state index is -5.26. The van der Waals surface area contributed by atoms with Crippen molar-refractivity contribution >= 4 is 37.7 Å². The molecule has 2 aliphatic heterocycles. The van der Waals surface area contributed by atoms with Gasteiger partial charge in [0.25, 0.3) is 5.91 Å². The molecule has 1 fully saturated rings. The summed E-state index contributed by atoms with van der Waals surface area (Å²) in [7, 11) is -5.26. The number of hydrogen-bond donors (Lipinski definition) is 0. The highest BCUT2D eigenvalue weighted by Crippen LogP contribution is 2.30. The van der Waals surface area contributed by atoms with E-state index in [1.54, 1.807) is 40.0 Å². The second-order valence-electron chi connectivity index (χ2n) is 8.47. The van der Waals surface area contributed by atoms with E-state index < -0.39 is 38.4 Å². The minimum Gasteiger partial charge on any atom is -0.790 e. The Balaban J connectivity index is 1.21. The van der Waals surface area contributed by atoms with Gasteiger partial charge in [0.15, 0.2) is 0 Å². The maximum absolute atomic E-state index is 15.1. The van der Waals surface area contributed by atoms with Crippen LogP contribution in [0.2, 0.25) is 0 Å². The number of carbonyl (C=O) groups excluding carboxylic acids is 2. The highest BCUT2D eigenvalue weighted by atomic mass is 31.2. The van der Waals surface area contributed by atoms with Crippen molar-refractivity contribution in [1.29, 1.82) is 0 Å². The standard InChI is InChI=1S/C22H22FN8O7P/c23-19-9-16(30-12-17(38-22(30)33)11-29-6-5-25-27-29)2-3-18(19)15-1-4-20(24-10-15)28-7-8-31(26-14-28)21(32)13-37-39(34,35)36/h1-6,9-10,14,17H,7-8,11-13H2,(H2,34,35,36)/p-2/t17-/m0/s1. The number of nitrogens with zero attached hydrogens (tertiary/aromatic N) is 8. The number of ether oxygens (including phenoxy) is 1. The number of phosphoric acid groups is 1. The first-order valence-electron chi connectivity index (χ1n) is 11.5. The van der Waals surface area contributed by atoms with E-state index in [4.69, 9.17) is 4.74 Å². The Hall–Kier alpha value is -4.24. The van der Waals surface area contributed by atoms with Crippen molar-refractivity contribution in [1.82, 2.24) is 25.0 Å². The molecule has 0 bridgehead atoms. The Bertz CT molecular complexity index is 1430. The third kappa shape index (κ3) is 6.26. The number of pyridine rings is 1. The number of cyclic esters (lactones) is 1. The van der Waals surface area contributed by atoms with Crippen LogP contribution in [0.4, 0.5) is 20.7 Å². The molecule has 15 nitrogen and oxygen atoms in total. The zero-order chi connectivity index (χ0) is 27.6. The number of hydrazone groups is 1. The molecule has 2 amide bonds. The Morgan fingerprint density at radius 1 is 1.23 bits per heavy atom. The summed E-state index contributed by atoms with van der Waals surface area (Å²) in [5, 5.41) is 12.5. The lowest BCUT2D eigenvalue weighted by Crippen LogP contribution is -2.42. The van der Waals surface area contributed by atoms with Crippen LogP contribution in [0.15, 0.2) is 54.0 Å². The highest BCUT2D eigenvalue weighted by Gasteiger charge is 2.33. The van der Waals surface area contributed by atoms with Crippen LogP contribution in [0.1, 0.15) is 0 Å².